The predicted octanol–water partition coefficient (Wildman–Crippen LogP) is 1.53. The van der Waals surface area contributed by atoms with Crippen molar-refractivity contribution in [3.63, 3.8) is 0 Å². The van der Waals surface area contributed by atoms with Gasteiger partial charge in [0, 0.05) is 55.9 Å². The fraction of sp³-hybridized carbons (Fsp3) is 0.304. The third-order valence-electron chi connectivity index (χ3n) is 5.52. The second kappa shape index (κ2) is 10.3. The molecule has 3 rings (SSSR count). The lowest BCUT2D eigenvalue weighted by molar-refractivity contribution is -0.159. The van der Waals surface area contributed by atoms with E-state index in [9.17, 15) is 28.7 Å². The zero-order chi connectivity index (χ0) is 24.9. The molecule has 11 heteroatoms. The molecule has 1 aliphatic rings. The second-order valence-corrected chi connectivity index (χ2v) is 7.57. The van der Waals surface area contributed by atoms with Gasteiger partial charge in [-0.25, -0.2) is 9.18 Å². The SMILES string of the molecule is CNC(=O)Oc1ccc(F)c(CNc2cccc3c2CN(C(O)(CCC=O)C(=O)NC)C3=O)c1. The largest absolute Gasteiger partial charge is 0.412 e. The van der Waals surface area contributed by atoms with Gasteiger partial charge in [-0.3, -0.25) is 14.5 Å². The number of ether oxygens (including phenoxy) is 1. The van der Waals surface area contributed by atoms with Gasteiger partial charge < -0.3 is 30.6 Å². The van der Waals surface area contributed by atoms with Gasteiger partial charge in [-0.15, -0.1) is 0 Å². The first-order valence-corrected chi connectivity index (χ1v) is 10.5. The third kappa shape index (κ3) is 4.84. The van der Waals surface area contributed by atoms with Crippen LogP contribution in [0.1, 0.15) is 34.3 Å². The minimum atomic E-state index is -2.21. The van der Waals surface area contributed by atoms with Crippen molar-refractivity contribution in [2.24, 2.45) is 0 Å². The zero-order valence-electron chi connectivity index (χ0n) is 18.7. The molecule has 4 N–H and O–H groups in total. The standard InChI is InChI=1S/C23H25FN4O6/c1-25-21(31)23(33,9-4-10-29)28-13-17-16(20(28)30)5-3-6-19(17)27-12-14-11-15(7-8-18(14)24)34-22(32)26-2/h3,5-8,10-11,27,33H,4,9,12-13H2,1-2H3,(H,25,31)(H,26,32). The van der Waals surface area contributed by atoms with Crippen LogP contribution in [0.25, 0.3) is 0 Å². The Morgan fingerprint density at radius 2 is 2.00 bits per heavy atom. The van der Waals surface area contributed by atoms with Crippen LogP contribution in [0.2, 0.25) is 0 Å². The van der Waals surface area contributed by atoms with Crippen LogP contribution in [0.5, 0.6) is 5.75 Å². The summed E-state index contributed by atoms with van der Waals surface area (Å²) in [6, 6.07) is 8.74. The smallest absolute Gasteiger partial charge is 0.410 e. The number of fused-ring (bicyclic) bond motifs is 1. The number of hydrogen-bond donors (Lipinski definition) is 4. The van der Waals surface area contributed by atoms with E-state index in [1.54, 1.807) is 18.2 Å². The molecule has 0 fully saturated rings. The lowest BCUT2D eigenvalue weighted by Gasteiger charge is -2.35. The fourth-order valence-corrected chi connectivity index (χ4v) is 3.73. The Bertz CT molecular complexity index is 1120. The number of aldehydes is 1. The lowest BCUT2D eigenvalue weighted by atomic mass is 10.0. The fourth-order valence-electron chi connectivity index (χ4n) is 3.73. The molecular weight excluding hydrogens is 447 g/mol. The number of aliphatic hydroxyl groups is 1. The molecule has 2 aromatic rings. The predicted molar refractivity (Wildman–Crippen MR) is 119 cm³/mol. The quantitative estimate of drug-likeness (QED) is 0.406. The number of amides is 3. The monoisotopic (exact) mass is 472 g/mol. The van der Waals surface area contributed by atoms with E-state index in [1.165, 1.54) is 32.3 Å². The topological polar surface area (TPSA) is 137 Å². The van der Waals surface area contributed by atoms with Crippen molar-refractivity contribution in [1.29, 1.82) is 0 Å². The highest BCUT2D eigenvalue weighted by Crippen LogP contribution is 2.35. The minimum absolute atomic E-state index is 0.00623. The first-order chi connectivity index (χ1) is 16.2. The van der Waals surface area contributed by atoms with Gasteiger partial charge in [0.25, 0.3) is 11.8 Å². The first-order valence-electron chi connectivity index (χ1n) is 10.5. The summed E-state index contributed by atoms with van der Waals surface area (Å²) in [5.41, 5.74) is -0.705. The number of nitrogens with one attached hydrogen (secondary N) is 3. The molecule has 1 atom stereocenters. The molecule has 0 bridgehead atoms. The Morgan fingerprint density at radius 3 is 2.68 bits per heavy atom. The summed E-state index contributed by atoms with van der Waals surface area (Å²) in [6.45, 7) is -0.0886. The molecule has 0 aromatic heterocycles. The number of carbonyl (C=O) groups excluding carboxylic acids is 4. The van der Waals surface area contributed by atoms with Crippen LogP contribution in [-0.4, -0.2) is 54.0 Å². The molecule has 34 heavy (non-hydrogen) atoms. The summed E-state index contributed by atoms with van der Waals surface area (Å²) in [5.74, 6) is -1.74. The van der Waals surface area contributed by atoms with Crippen molar-refractivity contribution < 1.29 is 33.4 Å². The van der Waals surface area contributed by atoms with Crippen LogP contribution < -0.4 is 20.7 Å². The molecule has 0 saturated carbocycles. The maximum absolute atomic E-state index is 14.3. The van der Waals surface area contributed by atoms with Gasteiger partial charge in [-0.2, -0.15) is 0 Å². The Morgan fingerprint density at radius 1 is 1.24 bits per heavy atom. The minimum Gasteiger partial charge on any atom is -0.410 e. The van der Waals surface area contributed by atoms with E-state index < -0.39 is 29.4 Å². The highest BCUT2D eigenvalue weighted by Gasteiger charge is 2.47. The van der Waals surface area contributed by atoms with E-state index in [0.29, 0.717) is 17.5 Å². The Hall–Kier alpha value is -3.99. The number of benzene rings is 2. The summed E-state index contributed by atoms with van der Waals surface area (Å²) < 4.78 is 19.4. The van der Waals surface area contributed by atoms with Crippen LogP contribution in [-0.2, 0) is 22.7 Å². The summed E-state index contributed by atoms with van der Waals surface area (Å²) >= 11 is 0. The maximum atomic E-state index is 14.3. The van der Waals surface area contributed by atoms with Crippen molar-refractivity contribution in [2.45, 2.75) is 31.7 Å². The van der Waals surface area contributed by atoms with Crippen molar-refractivity contribution in [2.75, 3.05) is 19.4 Å². The van der Waals surface area contributed by atoms with Crippen LogP contribution in [0.3, 0.4) is 0 Å². The van der Waals surface area contributed by atoms with E-state index in [4.69, 9.17) is 4.74 Å². The summed E-state index contributed by atoms with van der Waals surface area (Å²) in [5, 5.41) is 18.7. The number of anilines is 1. The lowest BCUT2D eigenvalue weighted by Crippen LogP contribution is -2.58. The third-order valence-corrected chi connectivity index (χ3v) is 5.52. The van der Waals surface area contributed by atoms with Crippen molar-refractivity contribution in [1.82, 2.24) is 15.5 Å². The number of halogens is 1. The second-order valence-electron chi connectivity index (χ2n) is 7.57. The van der Waals surface area contributed by atoms with E-state index in [0.717, 1.165) is 4.90 Å². The molecule has 0 saturated heterocycles. The van der Waals surface area contributed by atoms with Gasteiger partial charge >= 0.3 is 6.09 Å². The molecule has 0 aliphatic carbocycles. The van der Waals surface area contributed by atoms with E-state index in [1.807, 2.05) is 0 Å². The normalized spacial score (nSPS) is 14.1. The van der Waals surface area contributed by atoms with Gasteiger partial charge in [0.1, 0.15) is 17.9 Å². The van der Waals surface area contributed by atoms with Gasteiger partial charge in [-0.1, -0.05) is 6.07 Å². The Kier molecular flexibility index (Phi) is 7.47. The van der Waals surface area contributed by atoms with Gasteiger partial charge in [0.2, 0.25) is 5.72 Å². The molecule has 3 amide bonds. The summed E-state index contributed by atoms with van der Waals surface area (Å²) in [7, 11) is 2.73. The molecule has 0 spiro atoms. The van der Waals surface area contributed by atoms with Crippen LogP contribution in [0.4, 0.5) is 14.9 Å². The molecule has 180 valence electrons. The maximum Gasteiger partial charge on any atom is 0.412 e. The molecule has 2 aromatic carbocycles. The van der Waals surface area contributed by atoms with Crippen molar-refractivity contribution >= 4 is 29.9 Å². The highest BCUT2D eigenvalue weighted by molar-refractivity contribution is 6.03. The number of hydrogen-bond acceptors (Lipinski definition) is 7. The molecule has 1 heterocycles. The molecular formula is C23H25FN4O6. The van der Waals surface area contributed by atoms with Gasteiger partial charge in [0.15, 0.2) is 0 Å². The average molecular weight is 472 g/mol. The summed E-state index contributed by atoms with van der Waals surface area (Å²) in [6.07, 6.45) is -0.515. The van der Waals surface area contributed by atoms with E-state index in [2.05, 4.69) is 16.0 Å². The number of nitrogens with zero attached hydrogens (tertiary/aromatic N) is 1. The van der Waals surface area contributed by atoms with Crippen LogP contribution in [0, 0.1) is 5.82 Å². The molecule has 0 radical (unpaired) electrons. The summed E-state index contributed by atoms with van der Waals surface area (Å²) in [4.78, 5) is 48.8. The Labute approximate surface area is 195 Å². The highest BCUT2D eigenvalue weighted by atomic mass is 19.1. The molecule has 1 aliphatic heterocycles. The van der Waals surface area contributed by atoms with Crippen molar-refractivity contribution in [3.8, 4) is 5.75 Å². The van der Waals surface area contributed by atoms with E-state index >= 15 is 0 Å². The van der Waals surface area contributed by atoms with Gasteiger partial charge in [0.05, 0.1) is 6.54 Å². The Balaban J connectivity index is 1.84. The number of rotatable bonds is 9. The van der Waals surface area contributed by atoms with Crippen LogP contribution >= 0.6 is 0 Å². The molecule has 10 nitrogen and oxygen atoms in total. The molecule has 1 unspecified atom stereocenters. The van der Waals surface area contributed by atoms with Crippen LogP contribution in [0.15, 0.2) is 36.4 Å². The van der Waals surface area contributed by atoms with Gasteiger partial charge in [-0.05, 0) is 30.3 Å². The number of likely N-dealkylation sites (N-methyl/N-ethyl adjacent to an activating group) is 1. The zero-order valence-corrected chi connectivity index (χ0v) is 18.7. The average Bonchev–Trinajstić information content (AvgIpc) is 3.19. The van der Waals surface area contributed by atoms with Crippen molar-refractivity contribution in [3.05, 3.63) is 58.9 Å². The van der Waals surface area contributed by atoms with E-state index in [-0.39, 0.29) is 42.8 Å². The first kappa shape index (κ1) is 24.6. The number of carbonyl (C=O) groups is 4.